The van der Waals surface area contributed by atoms with Crippen molar-refractivity contribution in [3.05, 3.63) is 51.7 Å². The van der Waals surface area contributed by atoms with Crippen molar-refractivity contribution in [1.82, 2.24) is 5.32 Å². The van der Waals surface area contributed by atoms with Crippen LogP contribution in [0.15, 0.2) is 35.0 Å². The van der Waals surface area contributed by atoms with Gasteiger partial charge in [-0.2, -0.15) is 11.3 Å². The molecule has 3 N–H and O–H groups in total. The Morgan fingerprint density at radius 1 is 1.29 bits per heavy atom. The maximum Gasteiger partial charge on any atom is 0.335 e. The maximum atomic E-state index is 11.7. The lowest BCUT2D eigenvalue weighted by molar-refractivity contribution is 0.0696. The molecule has 0 bridgehead atoms. The summed E-state index contributed by atoms with van der Waals surface area (Å²) in [4.78, 5) is 22.6. The van der Waals surface area contributed by atoms with Crippen LogP contribution in [0.4, 0.5) is 10.5 Å². The molecule has 0 radical (unpaired) electrons. The van der Waals surface area contributed by atoms with E-state index in [2.05, 4.69) is 10.6 Å². The summed E-state index contributed by atoms with van der Waals surface area (Å²) in [6, 6.07) is 6.43. The molecule has 0 unspecified atom stereocenters. The summed E-state index contributed by atoms with van der Waals surface area (Å²) in [6.07, 6.45) is 0.786. The van der Waals surface area contributed by atoms with E-state index in [1.165, 1.54) is 11.6 Å². The van der Waals surface area contributed by atoms with E-state index < -0.39 is 5.97 Å². The molecule has 0 aliphatic heterocycles. The summed E-state index contributed by atoms with van der Waals surface area (Å²) in [5.41, 5.74) is 2.62. The Morgan fingerprint density at radius 3 is 2.71 bits per heavy atom. The molecule has 0 aliphatic rings. The van der Waals surface area contributed by atoms with Crippen LogP contribution in [-0.2, 0) is 6.42 Å². The summed E-state index contributed by atoms with van der Waals surface area (Å²) >= 11 is 1.63. The lowest BCUT2D eigenvalue weighted by Gasteiger charge is -2.09. The lowest BCUT2D eigenvalue weighted by Crippen LogP contribution is -2.30. The van der Waals surface area contributed by atoms with Crippen LogP contribution < -0.4 is 10.6 Å². The van der Waals surface area contributed by atoms with Crippen LogP contribution in [0.3, 0.4) is 0 Å². The zero-order valence-electron chi connectivity index (χ0n) is 11.6. The smallest absolute Gasteiger partial charge is 0.335 e. The van der Waals surface area contributed by atoms with Crippen molar-refractivity contribution >= 4 is 29.0 Å². The van der Waals surface area contributed by atoms with E-state index in [0.717, 1.165) is 6.42 Å². The Kier molecular flexibility index (Phi) is 4.94. The Hall–Kier alpha value is -2.34. The van der Waals surface area contributed by atoms with Gasteiger partial charge < -0.3 is 15.7 Å². The topological polar surface area (TPSA) is 78.4 Å². The first-order valence-corrected chi connectivity index (χ1v) is 7.40. The number of aryl methyl sites for hydroxylation is 1. The molecule has 1 heterocycles. The number of hydrogen-bond acceptors (Lipinski definition) is 3. The Morgan fingerprint density at radius 2 is 2.10 bits per heavy atom. The van der Waals surface area contributed by atoms with Gasteiger partial charge in [-0.1, -0.05) is 0 Å². The van der Waals surface area contributed by atoms with E-state index in [4.69, 9.17) is 5.11 Å². The van der Waals surface area contributed by atoms with Gasteiger partial charge in [-0.25, -0.2) is 9.59 Å². The second-order valence-electron chi connectivity index (χ2n) is 4.60. The fourth-order valence-corrected chi connectivity index (χ4v) is 2.62. The minimum absolute atomic E-state index is 0.235. The van der Waals surface area contributed by atoms with Crippen molar-refractivity contribution in [3.63, 3.8) is 0 Å². The second-order valence-corrected chi connectivity index (χ2v) is 5.38. The fourth-order valence-electron chi connectivity index (χ4n) is 1.91. The van der Waals surface area contributed by atoms with Gasteiger partial charge in [-0.15, -0.1) is 0 Å². The van der Waals surface area contributed by atoms with Crippen LogP contribution in [0, 0.1) is 6.92 Å². The first-order valence-electron chi connectivity index (χ1n) is 6.46. The molecule has 2 aromatic rings. The fraction of sp³-hybridized carbons (Fsp3) is 0.200. The number of urea groups is 1. The van der Waals surface area contributed by atoms with Crippen LogP contribution in [0.25, 0.3) is 0 Å². The minimum Gasteiger partial charge on any atom is -0.478 e. The number of amides is 2. The molecule has 0 aliphatic carbocycles. The third kappa shape index (κ3) is 4.32. The number of aromatic carboxylic acids is 1. The number of hydrogen-bond donors (Lipinski definition) is 3. The molecule has 1 aromatic heterocycles. The van der Waals surface area contributed by atoms with Gasteiger partial charge in [-0.05, 0) is 59.5 Å². The predicted molar refractivity (Wildman–Crippen MR) is 83.2 cm³/mol. The van der Waals surface area contributed by atoms with E-state index >= 15 is 0 Å². The van der Waals surface area contributed by atoms with Crippen LogP contribution in [0.2, 0.25) is 0 Å². The minimum atomic E-state index is -0.973. The maximum absolute atomic E-state index is 11.7. The van der Waals surface area contributed by atoms with Crippen molar-refractivity contribution in [2.45, 2.75) is 13.3 Å². The van der Waals surface area contributed by atoms with Gasteiger partial charge in [0.2, 0.25) is 0 Å². The number of carboxylic acid groups (broad SMARTS) is 1. The summed E-state index contributed by atoms with van der Waals surface area (Å²) in [5.74, 6) is -0.973. The van der Waals surface area contributed by atoms with Crippen LogP contribution >= 0.6 is 11.3 Å². The summed E-state index contributed by atoms with van der Waals surface area (Å²) in [7, 11) is 0. The monoisotopic (exact) mass is 304 g/mol. The molecule has 0 saturated heterocycles. The third-order valence-electron chi connectivity index (χ3n) is 2.99. The molecule has 2 amide bonds. The second kappa shape index (κ2) is 6.90. The SMILES string of the molecule is Cc1cc(NC(=O)NCCc2ccsc2)ccc1C(=O)O. The zero-order chi connectivity index (χ0) is 15.2. The number of carboxylic acids is 1. The standard InChI is InChI=1S/C15H16N2O3S/c1-10-8-12(2-3-13(10)14(18)19)17-15(20)16-6-4-11-5-7-21-9-11/h2-3,5,7-9H,4,6H2,1H3,(H,18,19)(H2,16,17,20). The molecule has 5 nitrogen and oxygen atoms in total. The predicted octanol–water partition coefficient (Wildman–Crippen LogP) is 3.12. The average molecular weight is 304 g/mol. The molecular weight excluding hydrogens is 288 g/mol. The number of nitrogens with one attached hydrogen (secondary N) is 2. The molecule has 110 valence electrons. The molecule has 21 heavy (non-hydrogen) atoms. The van der Waals surface area contributed by atoms with Gasteiger partial charge in [0, 0.05) is 12.2 Å². The van der Waals surface area contributed by atoms with E-state index in [0.29, 0.717) is 17.8 Å². The first-order chi connectivity index (χ1) is 10.1. The highest BCUT2D eigenvalue weighted by Gasteiger charge is 2.08. The van der Waals surface area contributed by atoms with Crippen molar-refractivity contribution in [2.75, 3.05) is 11.9 Å². The van der Waals surface area contributed by atoms with Gasteiger partial charge in [0.05, 0.1) is 5.56 Å². The quantitative estimate of drug-likeness (QED) is 0.794. The van der Waals surface area contributed by atoms with E-state index in [1.807, 2.05) is 16.8 Å². The molecule has 1 aromatic carbocycles. The highest BCUT2D eigenvalue weighted by molar-refractivity contribution is 7.07. The number of carbonyl (C=O) groups excluding carboxylic acids is 1. The van der Waals surface area contributed by atoms with Gasteiger partial charge in [0.1, 0.15) is 0 Å². The van der Waals surface area contributed by atoms with Crippen molar-refractivity contribution < 1.29 is 14.7 Å². The van der Waals surface area contributed by atoms with Crippen molar-refractivity contribution in [3.8, 4) is 0 Å². The van der Waals surface area contributed by atoms with Crippen molar-refractivity contribution in [1.29, 1.82) is 0 Å². The molecule has 6 heteroatoms. The van der Waals surface area contributed by atoms with E-state index in [1.54, 1.807) is 30.4 Å². The third-order valence-corrected chi connectivity index (χ3v) is 3.73. The van der Waals surface area contributed by atoms with Crippen LogP contribution in [0.5, 0.6) is 0 Å². The largest absolute Gasteiger partial charge is 0.478 e. The molecular formula is C15H16N2O3S. The normalized spacial score (nSPS) is 10.1. The van der Waals surface area contributed by atoms with E-state index in [9.17, 15) is 9.59 Å². The Balaban J connectivity index is 1.85. The molecule has 0 saturated carbocycles. The van der Waals surface area contributed by atoms with E-state index in [-0.39, 0.29) is 11.6 Å². The highest BCUT2D eigenvalue weighted by Crippen LogP contribution is 2.15. The summed E-state index contributed by atoms with van der Waals surface area (Å²) < 4.78 is 0. The number of anilines is 1. The molecule has 0 atom stereocenters. The number of carbonyl (C=O) groups is 2. The zero-order valence-corrected chi connectivity index (χ0v) is 12.4. The molecule has 0 fully saturated rings. The Labute approximate surface area is 126 Å². The highest BCUT2D eigenvalue weighted by atomic mass is 32.1. The van der Waals surface area contributed by atoms with Gasteiger partial charge in [0.25, 0.3) is 0 Å². The summed E-state index contributed by atoms with van der Waals surface area (Å²) in [6.45, 7) is 2.25. The Bertz CT molecular complexity index is 638. The van der Waals surface area contributed by atoms with Gasteiger partial charge in [-0.3, -0.25) is 0 Å². The van der Waals surface area contributed by atoms with Crippen LogP contribution in [-0.4, -0.2) is 23.7 Å². The number of rotatable bonds is 5. The lowest BCUT2D eigenvalue weighted by atomic mass is 10.1. The average Bonchev–Trinajstić information content (AvgIpc) is 2.91. The number of benzene rings is 1. The van der Waals surface area contributed by atoms with Gasteiger partial charge >= 0.3 is 12.0 Å². The first kappa shape index (κ1) is 15.1. The summed E-state index contributed by atoms with van der Waals surface area (Å²) in [5, 5.41) is 18.5. The van der Waals surface area contributed by atoms with Crippen LogP contribution in [0.1, 0.15) is 21.5 Å². The molecule has 0 spiro atoms. The van der Waals surface area contributed by atoms with Gasteiger partial charge in [0.15, 0.2) is 0 Å². The number of thiophene rings is 1. The molecule has 2 rings (SSSR count). The van der Waals surface area contributed by atoms with Crippen molar-refractivity contribution in [2.24, 2.45) is 0 Å².